The number of likely N-dealkylation sites (N-methyl/N-ethyl adjacent to an activating group) is 1. The minimum Gasteiger partial charge on any atom is -0.341 e. The zero-order valence-electron chi connectivity index (χ0n) is 15.7. The highest BCUT2D eigenvalue weighted by Crippen LogP contribution is 2.16. The molecule has 5 nitrogen and oxygen atoms in total. The van der Waals surface area contributed by atoms with Crippen molar-refractivity contribution in [3.8, 4) is 0 Å². The molecule has 1 amide bonds. The number of rotatable bonds is 6. The van der Waals surface area contributed by atoms with Crippen LogP contribution in [0.1, 0.15) is 21.7 Å². The molecule has 0 aliphatic heterocycles. The van der Waals surface area contributed by atoms with Crippen LogP contribution in [-0.4, -0.2) is 39.2 Å². The lowest BCUT2D eigenvalue weighted by atomic mass is 10.2. The number of carbonyl (C=O) groups is 1. The summed E-state index contributed by atoms with van der Waals surface area (Å²) in [5.74, 6) is -0.0995. The van der Waals surface area contributed by atoms with Crippen molar-refractivity contribution in [2.45, 2.75) is 6.54 Å². The van der Waals surface area contributed by atoms with Gasteiger partial charge in [0.2, 0.25) is 0 Å². The monoisotopic (exact) mass is 370 g/mol. The molecule has 0 spiro atoms. The zero-order chi connectivity index (χ0) is 19.3. The van der Waals surface area contributed by atoms with Crippen LogP contribution in [0.2, 0.25) is 0 Å². The molecule has 4 rings (SSSR count). The van der Waals surface area contributed by atoms with E-state index < -0.39 is 0 Å². The number of para-hydroxylation sites is 1. The fourth-order valence-electron chi connectivity index (χ4n) is 3.20. The van der Waals surface area contributed by atoms with E-state index in [1.807, 2.05) is 66.9 Å². The molecule has 1 N–H and O–H groups in total. The zero-order valence-corrected chi connectivity index (χ0v) is 15.7. The van der Waals surface area contributed by atoms with E-state index in [9.17, 15) is 4.79 Å². The Hall–Kier alpha value is -3.60. The number of carbonyl (C=O) groups excluding carboxylic acids is 1. The van der Waals surface area contributed by atoms with Gasteiger partial charge in [-0.25, -0.2) is 0 Å². The fourth-order valence-corrected chi connectivity index (χ4v) is 3.20. The molecule has 0 aliphatic rings. The lowest BCUT2D eigenvalue weighted by molar-refractivity contribution is 0.0804. The van der Waals surface area contributed by atoms with E-state index in [4.69, 9.17) is 0 Å². The maximum atomic E-state index is 12.6. The summed E-state index contributed by atoms with van der Waals surface area (Å²) in [5.41, 5.74) is 3.61. The van der Waals surface area contributed by atoms with E-state index >= 15 is 0 Å². The number of amides is 1. The Morgan fingerprint density at radius 2 is 1.89 bits per heavy atom. The van der Waals surface area contributed by atoms with E-state index in [0.29, 0.717) is 18.8 Å². The standard InChI is InChI=1S/C23H22N4O/c1-26(14-7-10-18-8-3-2-4-9-18)23(28)21-16-20(24-25-21)17-27-15-13-19-11-5-6-12-22(19)27/h2-13,15-16H,14,17H2,1H3,(H,24,25). The van der Waals surface area contributed by atoms with Gasteiger partial charge in [0.25, 0.3) is 5.91 Å². The molecule has 0 saturated carbocycles. The van der Waals surface area contributed by atoms with Crippen LogP contribution in [0.5, 0.6) is 0 Å². The minimum absolute atomic E-state index is 0.0995. The van der Waals surface area contributed by atoms with Crippen LogP contribution in [0.25, 0.3) is 17.0 Å². The van der Waals surface area contributed by atoms with Gasteiger partial charge in [0.1, 0.15) is 5.69 Å². The van der Waals surface area contributed by atoms with Crippen molar-refractivity contribution in [2.24, 2.45) is 0 Å². The van der Waals surface area contributed by atoms with Gasteiger partial charge < -0.3 is 9.47 Å². The number of benzene rings is 2. The number of aromatic nitrogens is 3. The number of aromatic amines is 1. The largest absolute Gasteiger partial charge is 0.341 e. The lowest BCUT2D eigenvalue weighted by Crippen LogP contribution is -2.27. The molecule has 0 aliphatic carbocycles. The van der Waals surface area contributed by atoms with Crippen LogP contribution in [0.4, 0.5) is 0 Å². The van der Waals surface area contributed by atoms with Gasteiger partial charge >= 0.3 is 0 Å². The van der Waals surface area contributed by atoms with Crippen molar-refractivity contribution in [1.82, 2.24) is 19.7 Å². The highest BCUT2D eigenvalue weighted by atomic mass is 16.2. The van der Waals surface area contributed by atoms with E-state index in [0.717, 1.165) is 16.8 Å². The van der Waals surface area contributed by atoms with Crippen molar-refractivity contribution in [2.75, 3.05) is 13.6 Å². The summed E-state index contributed by atoms with van der Waals surface area (Å²) in [6, 6.07) is 22.2. The van der Waals surface area contributed by atoms with Crippen molar-refractivity contribution < 1.29 is 4.79 Å². The Morgan fingerprint density at radius 3 is 2.75 bits per heavy atom. The molecule has 140 valence electrons. The quantitative estimate of drug-likeness (QED) is 0.553. The molecule has 0 unspecified atom stereocenters. The maximum absolute atomic E-state index is 12.6. The predicted octanol–water partition coefficient (Wildman–Crippen LogP) is 4.20. The van der Waals surface area contributed by atoms with Gasteiger partial charge in [-0.2, -0.15) is 5.10 Å². The van der Waals surface area contributed by atoms with Gasteiger partial charge in [-0.3, -0.25) is 9.89 Å². The van der Waals surface area contributed by atoms with Gasteiger partial charge in [-0.1, -0.05) is 60.7 Å². The van der Waals surface area contributed by atoms with Crippen LogP contribution >= 0.6 is 0 Å². The Kier molecular flexibility index (Phi) is 5.06. The highest BCUT2D eigenvalue weighted by Gasteiger charge is 2.14. The molecule has 2 aromatic heterocycles. The Bertz CT molecular complexity index is 1110. The van der Waals surface area contributed by atoms with E-state index in [1.165, 1.54) is 5.39 Å². The van der Waals surface area contributed by atoms with Gasteiger partial charge in [0, 0.05) is 25.3 Å². The van der Waals surface area contributed by atoms with Gasteiger partial charge in [0.05, 0.1) is 12.2 Å². The molecule has 28 heavy (non-hydrogen) atoms. The highest BCUT2D eigenvalue weighted by molar-refractivity contribution is 5.92. The topological polar surface area (TPSA) is 53.9 Å². The van der Waals surface area contributed by atoms with Crippen molar-refractivity contribution in [3.63, 3.8) is 0 Å². The third kappa shape index (κ3) is 3.88. The van der Waals surface area contributed by atoms with Gasteiger partial charge in [-0.05, 0) is 29.1 Å². The molecular formula is C23H22N4O. The number of hydrogen-bond acceptors (Lipinski definition) is 2. The maximum Gasteiger partial charge on any atom is 0.274 e. The number of nitrogens with one attached hydrogen (secondary N) is 1. The summed E-state index contributed by atoms with van der Waals surface area (Å²) < 4.78 is 2.14. The second-order valence-electron chi connectivity index (χ2n) is 6.78. The van der Waals surface area contributed by atoms with Crippen LogP contribution < -0.4 is 0 Å². The van der Waals surface area contributed by atoms with Crippen molar-refractivity contribution in [3.05, 3.63) is 96.0 Å². The molecule has 0 fully saturated rings. The molecule has 2 heterocycles. The summed E-state index contributed by atoms with van der Waals surface area (Å²) in [5, 5.41) is 8.40. The fraction of sp³-hybridized carbons (Fsp3) is 0.130. The molecule has 0 bridgehead atoms. The van der Waals surface area contributed by atoms with Crippen molar-refractivity contribution >= 4 is 22.9 Å². The molecule has 2 aromatic carbocycles. The van der Waals surface area contributed by atoms with E-state index in [-0.39, 0.29) is 5.91 Å². The number of hydrogen-bond donors (Lipinski definition) is 1. The van der Waals surface area contributed by atoms with Gasteiger partial charge in [0.15, 0.2) is 0 Å². The summed E-state index contributed by atoms with van der Waals surface area (Å²) in [6.07, 6.45) is 6.04. The third-order valence-electron chi connectivity index (χ3n) is 4.71. The summed E-state index contributed by atoms with van der Waals surface area (Å²) in [4.78, 5) is 14.3. The van der Waals surface area contributed by atoms with Crippen LogP contribution in [0.3, 0.4) is 0 Å². The van der Waals surface area contributed by atoms with Crippen LogP contribution in [-0.2, 0) is 6.54 Å². The minimum atomic E-state index is -0.0995. The summed E-state index contributed by atoms with van der Waals surface area (Å²) in [7, 11) is 1.78. The Balaban J connectivity index is 1.40. The molecule has 0 atom stereocenters. The predicted molar refractivity (Wildman–Crippen MR) is 112 cm³/mol. The average Bonchev–Trinajstić information content (AvgIpc) is 3.36. The van der Waals surface area contributed by atoms with Crippen LogP contribution in [0, 0.1) is 0 Å². The number of fused-ring (bicyclic) bond motifs is 1. The van der Waals surface area contributed by atoms with Gasteiger partial charge in [-0.15, -0.1) is 0 Å². The second-order valence-corrected chi connectivity index (χ2v) is 6.78. The molecule has 5 heteroatoms. The molecule has 0 saturated heterocycles. The first kappa shape index (κ1) is 17.8. The normalized spacial score (nSPS) is 11.3. The van der Waals surface area contributed by atoms with E-state index in [2.05, 4.69) is 33.0 Å². The lowest BCUT2D eigenvalue weighted by Gasteiger charge is -2.12. The number of H-pyrrole nitrogens is 1. The molecule has 0 radical (unpaired) electrons. The SMILES string of the molecule is CN(CC=Cc1ccccc1)C(=O)c1cc(Cn2ccc3ccccc32)[nH]n1. The third-order valence-corrected chi connectivity index (χ3v) is 4.71. The number of nitrogens with zero attached hydrogens (tertiary/aromatic N) is 3. The summed E-state index contributed by atoms with van der Waals surface area (Å²) >= 11 is 0. The average molecular weight is 370 g/mol. The molecular weight excluding hydrogens is 348 g/mol. The second kappa shape index (κ2) is 7.96. The smallest absolute Gasteiger partial charge is 0.274 e. The first-order valence-electron chi connectivity index (χ1n) is 9.26. The van der Waals surface area contributed by atoms with E-state index in [1.54, 1.807) is 11.9 Å². The van der Waals surface area contributed by atoms with Crippen LogP contribution in [0.15, 0.2) is 79.0 Å². The first-order valence-corrected chi connectivity index (χ1v) is 9.26. The Labute approximate surface area is 163 Å². The molecule has 4 aromatic rings. The summed E-state index contributed by atoms with van der Waals surface area (Å²) in [6.45, 7) is 1.17. The Morgan fingerprint density at radius 1 is 1.11 bits per heavy atom. The van der Waals surface area contributed by atoms with Crippen molar-refractivity contribution in [1.29, 1.82) is 0 Å². The first-order chi connectivity index (χ1) is 13.7.